The van der Waals surface area contributed by atoms with Gasteiger partial charge < -0.3 is 9.84 Å². The number of thiophene rings is 1. The average Bonchev–Trinajstić information content (AvgIpc) is 3.53. The summed E-state index contributed by atoms with van der Waals surface area (Å²) in [6.45, 7) is 0. The van der Waals surface area contributed by atoms with E-state index in [9.17, 15) is 4.79 Å². The Bertz CT molecular complexity index is 1280. The molecule has 32 heavy (non-hydrogen) atoms. The molecule has 1 N–H and O–H groups in total. The highest BCUT2D eigenvalue weighted by Gasteiger charge is 2.24. The van der Waals surface area contributed by atoms with E-state index in [1.807, 2.05) is 102 Å². The Labute approximate surface area is 189 Å². The second-order valence-electron chi connectivity index (χ2n) is 7.19. The van der Waals surface area contributed by atoms with Gasteiger partial charge in [-0.3, -0.25) is 4.79 Å². The molecule has 2 aromatic heterocycles. The van der Waals surface area contributed by atoms with Crippen LogP contribution in [0.1, 0.15) is 17.0 Å². The molecule has 6 heteroatoms. The molecule has 3 aromatic carbocycles. The van der Waals surface area contributed by atoms with Gasteiger partial charge in [0.15, 0.2) is 0 Å². The van der Waals surface area contributed by atoms with Gasteiger partial charge in [-0.25, -0.2) is 0 Å². The highest BCUT2D eigenvalue weighted by atomic mass is 32.1. The molecule has 0 fully saturated rings. The summed E-state index contributed by atoms with van der Waals surface area (Å²) in [5.74, 6) is 0.311. The highest BCUT2D eigenvalue weighted by Crippen LogP contribution is 2.32. The zero-order chi connectivity index (χ0) is 21.8. The quantitative estimate of drug-likeness (QED) is 0.342. The van der Waals surface area contributed by atoms with Gasteiger partial charge in [-0.2, -0.15) is 4.98 Å². The third-order valence-corrected chi connectivity index (χ3v) is 5.98. The fraction of sp³-hybridized carbons (Fsp3) is 0.0385. The monoisotopic (exact) mass is 437 g/mol. The molecule has 0 aliphatic rings. The van der Waals surface area contributed by atoms with E-state index in [1.54, 1.807) is 11.3 Å². The highest BCUT2D eigenvalue weighted by molar-refractivity contribution is 7.13. The fourth-order valence-electron chi connectivity index (χ4n) is 3.61. The number of nitrogens with zero attached hydrogens (tertiary/aromatic N) is 2. The number of carbonyl (C=O) groups excluding carboxylic acids is 1. The molecule has 5 aromatic rings. The summed E-state index contributed by atoms with van der Waals surface area (Å²) in [6, 6.07) is 30.9. The van der Waals surface area contributed by atoms with Gasteiger partial charge in [0, 0.05) is 0 Å². The molecule has 156 valence electrons. The lowest BCUT2D eigenvalue weighted by atomic mass is 9.90. The van der Waals surface area contributed by atoms with Crippen molar-refractivity contribution in [3.63, 3.8) is 0 Å². The molecule has 0 aliphatic carbocycles. The van der Waals surface area contributed by atoms with Gasteiger partial charge in [0.05, 0.1) is 22.0 Å². The molecule has 0 saturated heterocycles. The van der Waals surface area contributed by atoms with Crippen molar-refractivity contribution >= 4 is 22.9 Å². The van der Waals surface area contributed by atoms with Crippen LogP contribution in [0.5, 0.6) is 0 Å². The SMILES string of the molecule is O=C(Nc1ccccc1-c1nc(-c2cccs2)no1)C(c1ccccc1)c1ccccc1. The van der Waals surface area contributed by atoms with Crippen LogP contribution in [0.2, 0.25) is 0 Å². The number of hydrogen-bond acceptors (Lipinski definition) is 5. The second kappa shape index (κ2) is 8.99. The van der Waals surface area contributed by atoms with Crippen molar-refractivity contribution in [3.8, 4) is 22.2 Å². The number of nitrogens with one attached hydrogen (secondary N) is 1. The Morgan fingerprint density at radius 1 is 0.812 bits per heavy atom. The maximum absolute atomic E-state index is 13.5. The van der Waals surface area contributed by atoms with E-state index < -0.39 is 5.92 Å². The topological polar surface area (TPSA) is 68.0 Å². The molecule has 0 spiro atoms. The number of anilines is 1. The maximum Gasteiger partial charge on any atom is 0.260 e. The van der Waals surface area contributed by atoms with Crippen molar-refractivity contribution in [1.29, 1.82) is 0 Å². The van der Waals surface area contributed by atoms with Crippen LogP contribution in [0.3, 0.4) is 0 Å². The average molecular weight is 438 g/mol. The summed E-state index contributed by atoms with van der Waals surface area (Å²) in [7, 11) is 0. The van der Waals surface area contributed by atoms with Crippen LogP contribution in [0, 0.1) is 0 Å². The van der Waals surface area contributed by atoms with Crippen LogP contribution >= 0.6 is 11.3 Å². The number of amides is 1. The fourth-order valence-corrected chi connectivity index (χ4v) is 4.26. The van der Waals surface area contributed by atoms with Crippen LogP contribution in [0.15, 0.2) is 107 Å². The Balaban J connectivity index is 1.48. The number of aromatic nitrogens is 2. The molecule has 0 unspecified atom stereocenters. The van der Waals surface area contributed by atoms with E-state index in [2.05, 4.69) is 15.5 Å². The predicted molar refractivity (Wildman–Crippen MR) is 126 cm³/mol. The number of hydrogen-bond donors (Lipinski definition) is 1. The maximum atomic E-state index is 13.5. The van der Waals surface area contributed by atoms with Crippen LogP contribution < -0.4 is 5.32 Å². The summed E-state index contributed by atoms with van der Waals surface area (Å²) in [5.41, 5.74) is 3.14. The third-order valence-electron chi connectivity index (χ3n) is 5.11. The number of benzene rings is 3. The van der Waals surface area contributed by atoms with Crippen LogP contribution in [0.25, 0.3) is 22.2 Å². The molecule has 5 rings (SSSR count). The van der Waals surface area contributed by atoms with Gasteiger partial charge in [0.2, 0.25) is 11.7 Å². The van der Waals surface area contributed by atoms with Gasteiger partial charge in [-0.15, -0.1) is 11.3 Å². The van der Waals surface area contributed by atoms with Gasteiger partial charge in [-0.05, 0) is 34.7 Å². The molecule has 0 bridgehead atoms. The lowest BCUT2D eigenvalue weighted by Crippen LogP contribution is -2.22. The van der Waals surface area contributed by atoms with E-state index in [-0.39, 0.29) is 5.91 Å². The largest absolute Gasteiger partial charge is 0.334 e. The molecule has 0 radical (unpaired) electrons. The summed E-state index contributed by atoms with van der Waals surface area (Å²) < 4.78 is 5.52. The Morgan fingerprint density at radius 2 is 1.47 bits per heavy atom. The molecular formula is C26H19N3O2S. The van der Waals surface area contributed by atoms with Gasteiger partial charge in [0.1, 0.15) is 0 Å². The molecule has 0 atom stereocenters. The minimum atomic E-state index is -0.449. The Hall–Kier alpha value is -4.03. The molecular weight excluding hydrogens is 418 g/mol. The first-order valence-corrected chi connectivity index (χ1v) is 11.1. The summed E-state index contributed by atoms with van der Waals surface area (Å²) >= 11 is 1.54. The molecule has 0 saturated carbocycles. The molecule has 2 heterocycles. The minimum absolute atomic E-state index is 0.132. The van der Waals surface area contributed by atoms with Crippen LogP contribution in [-0.4, -0.2) is 16.0 Å². The van der Waals surface area contributed by atoms with Crippen molar-refractivity contribution in [1.82, 2.24) is 10.1 Å². The zero-order valence-corrected chi connectivity index (χ0v) is 17.8. The van der Waals surface area contributed by atoms with E-state index in [1.165, 1.54) is 0 Å². The standard InChI is InChI=1S/C26H19N3O2S/c30-25(23(18-10-3-1-4-11-18)19-12-5-2-6-13-19)27-21-15-8-7-14-20(21)26-28-24(29-31-26)22-16-9-17-32-22/h1-17,23H,(H,27,30). The molecule has 0 aliphatic heterocycles. The first-order valence-electron chi connectivity index (χ1n) is 10.2. The number of rotatable bonds is 6. The van der Waals surface area contributed by atoms with Crippen molar-refractivity contribution < 1.29 is 9.32 Å². The normalized spacial score (nSPS) is 10.9. The van der Waals surface area contributed by atoms with Crippen molar-refractivity contribution in [2.45, 2.75) is 5.92 Å². The van der Waals surface area contributed by atoms with E-state index in [0.29, 0.717) is 23.0 Å². The van der Waals surface area contributed by atoms with Crippen molar-refractivity contribution in [3.05, 3.63) is 114 Å². The zero-order valence-electron chi connectivity index (χ0n) is 17.0. The summed E-state index contributed by atoms with van der Waals surface area (Å²) in [6.07, 6.45) is 0. The van der Waals surface area contributed by atoms with E-state index >= 15 is 0 Å². The van der Waals surface area contributed by atoms with E-state index in [4.69, 9.17) is 4.52 Å². The second-order valence-corrected chi connectivity index (χ2v) is 8.14. The van der Waals surface area contributed by atoms with Crippen molar-refractivity contribution in [2.24, 2.45) is 0 Å². The molecule has 5 nitrogen and oxygen atoms in total. The lowest BCUT2D eigenvalue weighted by Gasteiger charge is -2.18. The lowest BCUT2D eigenvalue weighted by molar-refractivity contribution is -0.116. The van der Waals surface area contributed by atoms with Crippen LogP contribution in [0.4, 0.5) is 5.69 Å². The van der Waals surface area contributed by atoms with Gasteiger partial charge in [-0.1, -0.05) is 84.0 Å². The Kier molecular flexibility index (Phi) is 5.59. The van der Waals surface area contributed by atoms with E-state index in [0.717, 1.165) is 16.0 Å². The number of para-hydroxylation sites is 1. The summed E-state index contributed by atoms with van der Waals surface area (Å²) in [5, 5.41) is 9.15. The molecule has 1 amide bonds. The first-order chi connectivity index (χ1) is 15.8. The third kappa shape index (κ3) is 4.08. The van der Waals surface area contributed by atoms with Crippen molar-refractivity contribution in [2.75, 3.05) is 5.32 Å². The van der Waals surface area contributed by atoms with Crippen LogP contribution in [-0.2, 0) is 4.79 Å². The predicted octanol–water partition coefficient (Wildman–Crippen LogP) is 6.24. The first kappa shape index (κ1) is 19.9. The van der Waals surface area contributed by atoms with Gasteiger partial charge in [0.25, 0.3) is 5.89 Å². The smallest absolute Gasteiger partial charge is 0.260 e. The minimum Gasteiger partial charge on any atom is -0.334 e. The number of carbonyl (C=O) groups is 1. The Morgan fingerprint density at radius 3 is 2.12 bits per heavy atom. The van der Waals surface area contributed by atoms with Gasteiger partial charge >= 0.3 is 0 Å². The summed E-state index contributed by atoms with van der Waals surface area (Å²) in [4.78, 5) is 19.0.